The van der Waals surface area contributed by atoms with Crippen LogP contribution in [0, 0.1) is 0 Å². The molecular formula is C12H16N2. The second-order valence-corrected chi connectivity index (χ2v) is 3.65. The highest BCUT2D eigenvalue weighted by Gasteiger charge is 2.03. The first-order chi connectivity index (χ1) is 6.83. The Morgan fingerprint density at radius 1 is 1.29 bits per heavy atom. The molecule has 2 aromatic rings. The van der Waals surface area contributed by atoms with E-state index >= 15 is 0 Å². The molecule has 0 unspecified atom stereocenters. The molecule has 0 aliphatic carbocycles. The van der Waals surface area contributed by atoms with Crippen molar-refractivity contribution in [2.45, 2.75) is 12.8 Å². The number of nitrogens with zero attached hydrogens (tertiary/aromatic N) is 1. The summed E-state index contributed by atoms with van der Waals surface area (Å²) in [6.07, 6.45) is 2.13. The van der Waals surface area contributed by atoms with Gasteiger partial charge < -0.3 is 10.3 Å². The molecule has 0 radical (unpaired) electrons. The molecule has 2 N–H and O–H groups in total. The second-order valence-electron chi connectivity index (χ2n) is 3.65. The fraction of sp³-hybridized carbons (Fsp3) is 0.333. The summed E-state index contributed by atoms with van der Waals surface area (Å²) in [5.74, 6) is 0. The minimum atomic E-state index is 0.765. The highest BCUT2D eigenvalue weighted by atomic mass is 14.9. The van der Waals surface area contributed by atoms with Crippen molar-refractivity contribution in [1.29, 1.82) is 0 Å². The van der Waals surface area contributed by atoms with Gasteiger partial charge in [0.05, 0.1) is 0 Å². The maximum absolute atomic E-state index is 5.51. The van der Waals surface area contributed by atoms with E-state index in [0.717, 1.165) is 19.4 Å². The molecule has 2 rings (SSSR count). The molecular weight excluding hydrogens is 172 g/mol. The van der Waals surface area contributed by atoms with E-state index in [4.69, 9.17) is 5.73 Å². The molecule has 74 valence electrons. The van der Waals surface area contributed by atoms with Crippen LogP contribution in [0.3, 0.4) is 0 Å². The Balaban J connectivity index is 2.41. The van der Waals surface area contributed by atoms with Gasteiger partial charge in [-0.05, 0) is 36.9 Å². The van der Waals surface area contributed by atoms with E-state index in [9.17, 15) is 0 Å². The van der Waals surface area contributed by atoms with Crippen molar-refractivity contribution in [1.82, 2.24) is 4.57 Å². The lowest BCUT2D eigenvalue weighted by atomic mass is 10.2. The summed E-state index contributed by atoms with van der Waals surface area (Å²) >= 11 is 0. The summed E-state index contributed by atoms with van der Waals surface area (Å²) in [6, 6.07) is 10.7. The summed E-state index contributed by atoms with van der Waals surface area (Å²) in [4.78, 5) is 0. The molecule has 0 spiro atoms. The van der Waals surface area contributed by atoms with E-state index in [1.54, 1.807) is 0 Å². The molecule has 0 saturated heterocycles. The first kappa shape index (κ1) is 9.28. The third-order valence-corrected chi connectivity index (χ3v) is 2.69. The topological polar surface area (TPSA) is 30.9 Å². The van der Waals surface area contributed by atoms with Crippen molar-refractivity contribution in [3.05, 3.63) is 36.0 Å². The summed E-state index contributed by atoms with van der Waals surface area (Å²) in [5.41, 5.74) is 8.19. The van der Waals surface area contributed by atoms with E-state index < -0.39 is 0 Å². The quantitative estimate of drug-likeness (QED) is 0.785. The maximum atomic E-state index is 5.51. The number of aromatic nitrogens is 1. The van der Waals surface area contributed by atoms with Crippen LogP contribution in [-0.2, 0) is 13.5 Å². The van der Waals surface area contributed by atoms with Crippen LogP contribution in [0.4, 0.5) is 0 Å². The zero-order valence-corrected chi connectivity index (χ0v) is 8.53. The maximum Gasteiger partial charge on any atom is 0.0479 e. The molecule has 0 saturated carbocycles. The molecule has 0 amide bonds. The predicted octanol–water partition coefficient (Wildman–Crippen LogP) is 2.07. The lowest BCUT2D eigenvalue weighted by Gasteiger charge is -2.02. The van der Waals surface area contributed by atoms with Gasteiger partial charge in [0, 0.05) is 18.3 Å². The Labute approximate surface area is 84.3 Å². The van der Waals surface area contributed by atoms with Gasteiger partial charge in [-0.3, -0.25) is 0 Å². The smallest absolute Gasteiger partial charge is 0.0479 e. The molecule has 2 nitrogen and oxygen atoms in total. The van der Waals surface area contributed by atoms with Crippen LogP contribution in [0.2, 0.25) is 0 Å². The zero-order valence-electron chi connectivity index (χ0n) is 8.53. The van der Waals surface area contributed by atoms with Crippen molar-refractivity contribution in [2.24, 2.45) is 12.8 Å². The Morgan fingerprint density at radius 2 is 2.07 bits per heavy atom. The number of benzene rings is 1. The largest absolute Gasteiger partial charge is 0.348 e. The van der Waals surface area contributed by atoms with Crippen molar-refractivity contribution < 1.29 is 0 Å². The van der Waals surface area contributed by atoms with Gasteiger partial charge in [0.2, 0.25) is 0 Å². The van der Waals surface area contributed by atoms with Gasteiger partial charge in [0.25, 0.3) is 0 Å². The van der Waals surface area contributed by atoms with Gasteiger partial charge in [-0.1, -0.05) is 18.2 Å². The third-order valence-electron chi connectivity index (χ3n) is 2.69. The van der Waals surface area contributed by atoms with Crippen LogP contribution in [0.1, 0.15) is 12.1 Å². The molecule has 2 heteroatoms. The number of rotatable bonds is 3. The molecule has 1 heterocycles. The van der Waals surface area contributed by atoms with E-state index in [-0.39, 0.29) is 0 Å². The summed E-state index contributed by atoms with van der Waals surface area (Å²) < 4.78 is 2.25. The average Bonchev–Trinajstić information content (AvgIpc) is 2.54. The number of aryl methyl sites for hydroxylation is 2. The van der Waals surface area contributed by atoms with Crippen molar-refractivity contribution in [3.63, 3.8) is 0 Å². The number of para-hydroxylation sites is 1. The van der Waals surface area contributed by atoms with E-state index in [1.165, 1.54) is 16.6 Å². The van der Waals surface area contributed by atoms with Gasteiger partial charge in [-0.15, -0.1) is 0 Å². The predicted molar refractivity (Wildman–Crippen MR) is 60.3 cm³/mol. The molecule has 0 aliphatic rings. The van der Waals surface area contributed by atoms with Gasteiger partial charge in [0.1, 0.15) is 0 Å². The number of nitrogens with two attached hydrogens (primary N) is 1. The summed E-state index contributed by atoms with van der Waals surface area (Å²) in [5, 5.41) is 1.32. The number of hydrogen-bond donors (Lipinski definition) is 1. The Hall–Kier alpha value is -1.28. The Morgan fingerprint density at radius 3 is 2.79 bits per heavy atom. The molecule has 14 heavy (non-hydrogen) atoms. The van der Waals surface area contributed by atoms with E-state index in [1.807, 2.05) is 0 Å². The van der Waals surface area contributed by atoms with Crippen LogP contribution in [0.25, 0.3) is 10.9 Å². The van der Waals surface area contributed by atoms with Crippen LogP contribution >= 0.6 is 0 Å². The van der Waals surface area contributed by atoms with Crippen LogP contribution < -0.4 is 5.73 Å². The highest BCUT2D eigenvalue weighted by Crippen LogP contribution is 2.18. The van der Waals surface area contributed by atoms with Crippen molar-refractivity contribution in [2.75, 3.05) is 6.54 Å². The Kier molecular flexibility index (Phi) is 2.55. The average molecular weight is 188 g/mol. The number of fused-ring (bicyclic) bond motifs is 1. The first-order valence-corrected chi connectivity index (χ1v) is 5.06. The standard InChI is InChI=1S/C12H16N2/c1-14-11(6-4-8-13)9-10-5-2-3-7-12(10)14/h2-3,5,7,9H,4,6,8,13H2,1H3. The molecule has 1 aromatic carbocycles. The fourth-order valence-electron chi connectivity index (χ4n) is 1.87. The normalized spacial score (nSPS) is 11.0. The SMILES string of the molecule is Cn1c(CCCN)cc2ccccc21. The molecule has 1 aromatic heterocycles. The zero-order chi connectivity index (χ0) is 9.97. The van der Waals surface area contributed by atoms with Crippen LogP contribution in [0.15, 0.2) is 30.3 Å². The summed E-state index contributed by atoms with van der Waals surface area (Å²) in [6.45, 7) is 0.765. The van der Waals surface area contributed by atoms with Crippen LogP contribution in [-0.4, -0.2) is 11.1 Å². The van der Waals surface area contributed by atoms with Gasteiger partial charge >= 0.3 is 0 Å². The minimum Gasteiger partial charge on any atom is -0.348 e. The van der Waals surface area contributed by atoms with E-state index in [0.29, 0.717) is 0 Å². The van der Waals surface area contributed by atoms with Gasteiger partial charge in [-0.2, -0.15) is 0 Å². The first-order valence-electron chi connectivity index (χ1n) is 5.06. The monoisotopic (exact) mass is 188 g/mol. The van der Waals surface area contributed by atoms with E-state index in [2.05, 4.69) is 41.9 Å². The van der Waals surface area contributed by atoms with Gasteiger partial charge in [0.15, 0.2) is 0 Å². The summed E-state index contributed by atoms with van der Waals surface area (Å²) in [7, 11) is 2.12. The second kappa shape index (κ2) is 3.84. The minimum absolute atomic E-state index is 0.765. The Bertz CT molecular complexity index is 429. The lowest BCUT2D eigenvalue weighted by Crippen LogP contribution is -2.03. The fourth-order valence-corrected chi connectivity index (χ4v) is 1.87. The number of hydrogen-bond acceptors (Lipinski definition) is 1. The van der Waals surface area contributed by atoms with Crippen molar-refractivity contribution in [3.8, 4) is 0 Å². The molecule has 0 bridgehead atoms. The van der Waals surface area contributed by atoms with Crippen molar-refractivity contribution >= 4 is 10.9 Å². The molecule has 0 atom stereocenters. The molecule has 0 aliphatic heterocycles. The van der Waals surface area contributed by atoms with Gasteiger partial charge in [-0.25, -0.2) is 0 Å². The lowest BCUT2D eigenvalue weighted by molar-refractivity contribution is 0.766. The van der Waals surface area contributed by atoms with Crippen LogP contribution in [0.5, 0.6) is 0 Å². The third kappa shape index (κ3) is 1.53. The molecule has 0 fully saturated rings. The highest BCUT2D eigenvalue weighted by molar-refractivity contribution is 5.81.